The molecule has 5 heteroatoms. The van der Waals surface area contributed by atoms with Crippen molar-refractivity contribution in [3.05, 3.63) is 23.8 Å². The molecule has 0 heterocycles. The third kappa shape index (κ3) is 4.13. The number of benzene rings is 1. The Morgan fingerprint density at radius 3 is 2.50 bits per heavy atom. The number of carbonyl (C=O) groups excluding carboxylic acids is 1. The largest absolute Gasteiger partial charge is 0.397 e. The summed E-state index contributed by atoms with van der Waals surface area (Å²) in [6.45, 7) is 4.60. The van der Waals surface area contributed by atoms with Gasteiger partial charge >= 0.3 is 0 Å². The van der Waals surface area contributed by atoms with Crippen LogP contribution in [0.25, 0.3) is 0 Å². The van der Waals surface area contributed by atoms with E-state index >= 15 is 0 Å². The number of carbonyl (C=O) groups is 1. The molecule has 0 bridgehead atoms. The third-order valence-electron chi connectivity index (χ3n) is 3.64. The number of hydrogen-bond acceptors (Lipinski definition) is 4. The van der Waals surface area contributed by atoms with Crippen LogP contribution in [0.2, 0.25) is 0 Å². The molecule has 0 aromatic heterocycles. The molecular weight excluding hydrogens is 254 g/mol. The number of aliphatic hydroxyl groups is 1. The van der Waals surface area contributed by atoms with Gasteiger partial charge in [0.15, 0.2) is 0 Å². The summed E-state index contributed by atoms with van der Waals surface area (Å²) in [6.07, 6.45) is 1.50. The lowest BCUT2D eigenvalue weighted by Crippen LogP contribution is -2.28. The molecule has 20 heavy (non-hydrogen) atoms. The lowest BCUT2D eigenvalue weighted by molar-refractivity contribution is 0.0963. The zero-order valence-corrected chi connectivity index (χ0v) is 12.4. The second-order valence-corrected chi connectivity index (χ2v) is 4.91. The van der Waals surface area contributed by atoms with Gasteiger partial charge in [0.1, 0.15) is 0 Å². The number of nitrogens with two attached hydrogens (primary N) is 1. The second kappa shape index (κ2) is 7.75. The summed E-state index contributed by atoms with van der Waals surface area (Å²) >= 11 is 0. The molecule has 1 aromatic rings. The van der Waals surface area contributed by atoms with E-state index < -0.39 is 6.10 Å². The summed E-state index contributed by atoms with van der Waals surface area (Å²) in [7, 11) is 1.58. The van der Waals surface area contributed by atoms with Gasteiger partial charge in [0.05, 0.1) is 17.5 Å². The maximum Gasteiger partial charge on any atom is 0.251 e. The first-order valence-corrected chi connectivity index (χ1v) is 7.06. The van der Waals surface area contributed by atoms with E-state index in [2.05, 4.69) is 24.5 Å². The van der Waals surface area contributed by atoms with Gasteiger partial charge in [0.2, 0.25) is 0 Å². The van der Waals surface area contributed by atoms with E-state index in [9.17, 15) is 9.90 Å². The first kappa shape index (κ1) is 16.3. The van der Waals surface area contributed by atoms with Crippen LogP contribution in [0, 0.1) is 5.92 Å². The highest BCUT2D eigenvalue weighted by molar-refractivity contribution is 5.95. The lowest BCUT2D eigenvalue weighted by Gasteiger charge is -2.21. The van der Waals surface area contributed by atoms with Crippen LogP contribution in [0.3, 0.4) is 0 Å². The van der Waals surface area contributed by atoms with Crippen molar-refractivity contribution in [2.75, 3.05) is 24.6 Å². The van der Waals surface area contributed by atoms with Gasteiger partial charge in [-0.2, -0.15) is 0 Å². The summed E-state index contributed by atoms with van der Waals surface area (Å²) in [6, 6.07) is 5.10. The summed E-state index contributed by atoms with van der Waals surface area (Å²) in [4.78, 5) is 11.5. The van der Waals surface area contributed by atoms with E-state index in [0.29, 0.717) is 17.8 Å². The summed E-state index contributed by atoms with van der Waals surface area (Å²) in [5, 5.41) is 15.8. The molecule has 5 nitrogen and oxygen atoms in total. The monoisotopic (exact) mass is 279 g/mol. The minimum Gasteiger partial charge on any atom is -0.397 e. The third-order valence-corrected chi connectivity index (χ3v) is 3.64. The predicted octanol–water partition coefficient (Wildman–Crippen LogP) is 1.84. The Balaban J connectivity index is 2.67. The molecular formula is C15H25N3O2. The average Bonchev–Trinajstić information content (AvgIpc) is 2.46. The van der Waals surface area contributed by atoms with Gasteiger partial charge < -0.3 is 21.5 Å². The van der Waals surface area contributed by atoms with Crippen molar-refractivity contribution in [1.82, 2.24) is 5.32 Å². The number of aliphatic hydroxyl groups excluding tert-OH is 1. The molecule has 0 saturated carbocycles. The van der Waals surface area contributed by atoms with Crippen LogP contribution < -0.4 is 16.4 Å². The van der Waals surface area contributed by atoms with E-state index in [-0.39, 0.29) is 11.8 Å². The molecule has 0 aliphatic heterocycles. The minimum absolute atomic E-state index is 0.166. The van der Waals surface area contributed by atoms with Crippen LogP contribution in [-0.4, -0.2) is 30.7 Å². The molecule has 1 atom stereocenters. The average molecular weight is 279 g/mol. The van der Waals surface area contributed by atoms with E-state index in [1.807, 2.05) is 0 Å². The van der Waals surface area contributed by atoms with E-state index in [4.69, 9.17) is 5.73 Å². The van der Waals surface area contributed by atoms with Crippen molar-refractivity contribution in [3.63, 3.8) is 0 Å². The van der Waals surface area contributed by atoms with Gasteiger partial charge in [0, 0.05) is 19.2 Å². The van der Waals surface area contributed by atoms with Gasteiger partial charge in [-0.1, -0.05) is 26.7 Å². The molecule has 0 spiro atoms. The Morgan fingerprint density at radius 2 is 2.00 bits per heavy atom. The van der Waals surface area contributed by atoms with Crippen molar-refractivity contribution in [3.8, 4) is 0 Å². The van der Waals surface area contributed by atoms with Crippen LogP contribution in [0.4, 0.5) is 11.4 Å². The zero-order chi connectivity index (χ0) is 15.1. The van der Waals surface area contributed by atoms with Gasteiger partial charge in [0.25, 0.3) is 5.91 Å². The van der Waals surface area contributed by atoms with Crippen molar-refractivity contribution in [1.29, 1.82) is 0 Å². The number of nitrogen functional groups attached to an aromatic ring is 1. The molecule has 0 aliphatic carbocycles. The number of hydrogen-bond donors (Lipinski definition) is 4. The number of rotatable bonds is 7. The molecule has 0 saturated heterocycles. The summed E-state index contributed by atoms with van der Waals surface area (Å²) in [5.74, 6) is 0.120. The van der Waals surface area contributed by atoms with Crippen LogP contribution in [0.1, 0.15) is 37.0 Å². The van der Waals surface area contributed by atoms with Crippen molar-refractivity contribution < 1.29 is 9.90 Å². The van der Waals surface area contributed by atoms with Gasteiger partial charge in [-0.3, -0.25) is 4.79 Å². The Morgan fingerprint density at radius 1 is 1.35 bits per heavy atom. The highest BCUT2D eigenvalue weighted by Crippen LogP contribution is 2.21. The number of nitrogens with one attached hydrogen (secondary N) is 2. The molecule has 112 valence electrons. The molecule has 0 fully saturated rings. The van der Waals surface area contributed by atoms with Crippen LogP contribution in [0.15, 0.2) is 18.2 Å². The minimum atomic E-state index is -0.400. The maximum atomic E-state index is 11.5. The standard InChI is InChI=1S/C15H25N3O2/c1-4-10(5-2)14(19)9-18-13-7-6-11(8-12(13)16)15(20)17-3/h6-8,10,14,18-19H,4-5,9,16H2,1-3H3,(H,17,20). The molecule has 1 unspecified atom stereocenters. The van der Waals surface area contributed by atoms with Gasteiger partial charge in [-0.25, -0.2) is 0 Å². The van der Waals surface area contributed by atoms with Gasteiger partial charge in [-0.05, 0) is 24.1 Å². The van der Waals surface area contributed by atoms with Crippen LogP contribution in [-0.2, 0) is 0 Å². The normalized spacial score (nSPS) is 12.2. The summed E-state index contributed by atoms with van der Waals surface area (Å²) in [5.41, 5.74) is 7.68. The molecule has 5 N–H and O–H groups in total. The Kier molecular flexibility index (Phi) is 6.31. The Labute approximate surface area is 120 Å². The topological polar surface area (TPSA) is 87.4 Å². The molecule has 0 radical (unpaired) electrons. The maximum absolute atomic E-state index is 11.5. The number of anilines is 2. The van der Waals surface area contributed by atoms with Crippen LogP contribution in [0.5, 0.6) is 0 Å². The highest BCUT2D eigenvalue weighted by atomic mass is 16.3. The lowest BCUT2D eigenvalue weighted by atomic mass is 9.96. The Bertz CT molecular complexity index is 445. The number of amides is 1. The van der Waals surface area contributed by atoms with Crippen molar-refractivity contribution in [2.45, 2.75) is 32.8 Å². The fourth-order valence-electron chi connectivity index (χ4n) is 2.22. The van der Waals surface area contributed by atoms with E-state index in [1.54, 1.807) is 25.2 Å². The van der Waals surface area contributed by atoms with Gasteiger partial charge in [-0.15, -0.1) is 0 Å². The second-order valence-electron chi connectivity index (χ2n) is 4.91. The highest BCUT2D eigenvalue weighted by Gasteiger charge is 2.15. The van der Waals surface area contributed by atoms with E-state index in [0.717, 1.165) is 18.5 Å². The fourth-order valence-corrected chi connectivity index (χ4v) is 2.22. The molecule has 1 rings (SSSR count). The predicted molar refractivity (Wildman–Crippen MR) is 82.8 cm³/mol. The molecule has 0 aliphatic rings. The quantitative estimate of drug-likeness (QED) is 0.574. The zero-order valence-electron chi connectivity index (χ0n) is 12.4. The molecule has 1 aromatic carbocycles. The summed E-state index contributed by atoms with van der Waals surface area (Å²) < 4.78 is 0. The Hall–Kier alpha value is -1.75. The SMILES string of the molecule is CCC(CC)C(O)CNc1ccc(C(=O)NC)cc1N. The molecule has 1 amide bonds. The first-order valence-electron chi connectivity index (χ1n) is 7.06. The first-order chi connectivity index (χ1) is 9.53. The van der Waals surface area contributed by atoms with Crippen LogP contribution >= 0.6 is 0 Å². The van der Waals surface area contributed by atoms with Crippen molar-refractivity contribution in [2.24, 2.45) is 5.92 Å². The van der Waals surface area contributed by atoms with Crippen molar-refractivity contribution >= 4 is 17.3 Å². The smallest absolute Gasteiger partial charge is 0.251 e. The van der Waals surface area contributed by atoms with E-state index in [1.165, 1.54) is 0 Å². The fraction of sp³-hybridized carbons (Fsp3) is 0.533.